The van der Waals surface area contributed by atoms with Crippen LogP contribution >= 0.6 is 0 Å². The molecule has 1 aliphatic heterocycles. The number of benzene rings is 2. The maximum Gasteiger partial charge on any atom is 0.231 e. The highest BCUT2D eigenvalue weighted by atomic mass is 16.7. The molecule has 7 nitrogen and oxygen atoms in total. The van der Waals surface area contributed by atoms with Crippen molar-refractivity contribution in [3.8, 4) is 39.9 Å². The third kappa shape index (κ3) is 1.80. The van der Waals surface area contributed by atoms with E-state index in [1.165, 1.54) is 24.3 Å². The Morgan fingerprint density at radius 1 is 1.00 bits per heavy atom. The van der Waals surface area contributed by atoms with E-state index >= 15 is 0 Å². The Labute approximate surface area is 128 Å². The molecular formula is C16H10O7. The standard InChI is InChI=1S/C16H10O7/c17-9-3-1-2-7(13(9)18)8-5-21-10-4-11-16(23-6-22-11)15(20)12(10)14(8)19/h1-5,17-18,20H,6H2. The molecule has 0 unspecified atom stereocenters. The van der Waals surface area contributed by atoms with Crippen LogP contribution in [0.1, 0.15) is 0 Å². The minimum absolute atomic E-state index is 0.0000605. The van der Waals surface area contributed by atoms with Crippen LogP contribution in [0.4, 0.5) is 0 Å². The van der Waals surface area contributed by atoms with E-state index in [0.717, 1.165) is 6.26 Å². The Morgan fingerprint density at radius 3 is 2.65 bits per heavy atom. The zero-order valence-corrected chi connectivity index (χ0v) is 11.6. The average Bonchev–Trinajstić information content (AvgIpc) is 3.00. The highest BCUT2D eigenvalue weighted by molar-refractivity contribution is 5.92. The summed E-state index contributed by atoms with van der Waals surface area (Å²) < 4.78 is 15.7. The zero-order valence-electron chi connectivity index (χ0n) is 11.6. The van der Waals surface area contributed by atoms with Crippen molar-refractivity contribution < 1.29 is 29.2 Å². The van der Waals surface area contributed by atoms with Crippen LogP contribution in [0.25, 0.3) is 22.1 Å². The molecule has 0 aliphatic carbocycles. The van der Waals surface area contributed by atoms with Gasteiger partial charge in [0.2, 0.25) is 18.0 Å². The first kappa shape index (κ1) is 13.3. The summed E-state index contributed by atoms with van der Waals surface area (Å²) in [5.41, 5.74) is -0.346. The Morgan fingerprint density at radius 2 is 1.83 bits per heavy atom. The van der Waals surface area contributed by atoms with E-state index in [2.05, 4.69) is 0 Å². The lowest BCUT2D eigenvalue weighted by Gasteiger charge is -2.08. The molecule has 0 radical (unpaired) electrons. The predicted molar refractivity (Wildman–Crippen MR) is 79.0 cm³/mol. The second-order valence-electron chi connectivity index (χ2n) is 4.98. The summed E-state index contributed by atoms with van der Waals surface area (Å²) >= 11 is 0. The van der Waals surface area contributed by atoms with Crippen molar-refractivity contribution in [2.24, 2.45) is 0 Å². The number of rotatable bonds is 1. The summed E-state index contributed by atoms with van der Waals surface area (Å²) in [5, 5.41) is 29.7. The summed E-state index contributed by atoms with van der Waals surface area (Å²) in [6, 6.07) is 5.67. The summed E-state index contributed by atoms with van der Waals surface area (Å²) in [5.74, 6) is -0.838. The van der Waals surface area contributed by atoms with Gasteiger partial charge in [-0.25, -0.2) is 0 Å². The number of fused-ring (bicyclic) bond motifs is 2. The van der Waals surface area contributed by atoms with Crippen LogP contribution in [-0.4, -0.2) is 22.1 Å². The monoisotopic (exact) mass is 314 g/mol. The fourth-order valence-electron chi connectivity index (χ4n) is 2.56. The lowest BCUT2D eigenvalue weighted by Crippen LogP contribution is -2.05. The molecule has 0 saturated carbocycles. The Kier molecular flexibility index (Phi) is 2.65. The summed E-state index contributed by atoms with van der Waals surface area (Å²) in [6.07, 6.45) is 1.15. The van der Waals surface area contributed by atoms with E-state index in [-0.39, 0.29) is 51.9 Å². The first-order valence-electron chi connectivity index (χ1n) is 6.66. The maximum atomic E-state index is 12.7. The lowest BCUT2D eigenvalue weighted by molar-refractivity contribution is 0.171. The van der Waals surface area contributed by atoms with Gasteiger partial charge in [-0.2, -0.15) is 0 Å². The van der Waals surface area contributed by atoms with Gasteiger partial charge in [-0.1, -0.05) is 12.1 Å². The zero-order chi connectivity index (χ0) is 16.1. The van der Waals surface area contributed by atoms with Crippen molar-refractivity contribution in [2.45, 2.75) is 0 Å². The second kappa shape index (κ2) is 4.57. The molecule has 0 fully saturated rings. The average molecular weight is 314 g/mol. The molecule has 0 atom stereocenters. The van der Waals surface area contributed by atoms with E-state index in [1.54, 1.807) is 0 Å². The molecule has 7 heteroatoms. The van der Waals surface area contributed by atoms with Crippen LogP contribution in [0.5, 0.6) is 28.7 Å². The molecule has 1 aromatic heterocycles. The van der Waals surface area contributed by atoms with Gasteiger partial charge in [0.1, 0.15) is 17.2 Å². The normalized spacial score (nSPS) is 12.7. The Balaban J connectivity index is 2.06. The molecule has 3 aromatic rings. The molecule has 0 saturated heterocycles. The van der Waals surface area contributed by atoms with Gasteiger partial charge >= 0.3 is 0 Å². The van der Waals surface area contributed by atoms with Gasteiger partial charge in [0, 0.05) is 11.6 Å². The first-order valence-corrected chi connectivity index (χ1v) is 6.66. The summed E-state index contributed by atoms with van der Waals surface area (Å²) in [7, 11) is 0. The Bertz CT molecular complexity index is 1000. The number of phenolic OH excluding ortho intramolecular Hbond substituents is 3. The van der Waals surface area contributed by atoms with Crippen LogP contribution in [-0.2, 0) is 0 Å². The number of aromatic hydroxyl groups is 3. The van der Waals surface area contributed by atoms with Gasteiger partial charge in [0.05, 0.1) is 5.56 Å². The molecule has 23 heavy (non-hydrogen) atoms. The summed E-state index contributed by atoms with van der Waals surface area (Å²) in [6.45, 7) is -0.0619. The van der Waals surface area contributed by atoms with Crippen LogP contribution in [0.2, 0.25) is 0 Å². The molecule has 0 amide bonds. The van der Waals surface area contributed by atoms with Gasteiger partial charge in [-0.05, 0) is 6.07 Å². The minimum Gasteiger partial charge on any atom is -0.504 e. The van der Waals surface area contributed by atoms with Crippen molar-refractivity contribution in [1.82, 2.24) is 0 Å². The number of phenols is 3. The molecule has 0 bridgehead atoms. The van der Waals surface area contributed by atoms with E-state index in [0.29, 0.717) is 0 Å². The van der Waals surface area contributed by atoms with E-state index in [9.17, 15) is 20.1 Å². The van der Waals surface area contributed by atoms with E-state index in [4.69, 9.17) is 13.9 Å². The second-order valence-corrected chi connectivity index (χ2v) is 4.98. The molecule has 3 N–H and O–H groups in total. The fraction of sp³-hybridized carbons (Fsp3) is 0.0625. The maximum absolute atomic E-state index is 12.7. The number of para-hydroxylation sites is 1. The third-order valence-corrected chi connectivity index (χ3v) is 3.68. The minimum atomic E-state index is -0.567. The molecule has 2 heterocycles. The smallest absolute Gasteiger partial charge is 0.231 e. The number of ether oxygens (including phenoxy) is 2. The quantitative estimate of drug-likeness (QED) is 0.591. The van der Waals surface area contributed by atoms with Gasteiger partial charge in [0.15, 0.2) is 23.0 Å². The van der Waals surface area contributed by atoms with Crippen molar-refractivity contribution in [2.75, 3.05) is 6.79 Å². The van der Waals surface area contributed by atoms with E-state index in [1.807, 2.05) is 0 Å². The van der Waals surface area contributed by atoms with E-state index < -0.39 is 11.2 Å². The van der Waals surface area contributed by atoms with Gasteiger partial charge in [-0.15, -0.1) is 0 Å². The first-order chi connectivity index (χ1) is 11.1. The van der Waals surface area contributed by atoms with Gasteiger partial charge < -0.3 is 29.2 Å². The third-order valence-electron chi connectivity index (χ3n) is 3.68. The van der Waals surface area contributed by atoms with Crippen LogP contribution in [0.15, 0.2) is 39.7 Å². The largest absolute Gasteiger partial charge is 0.504 e. The molecule has 116 valence electrons. The highest BCUT2D eigenvalue weighted by Crippen LogP contribution is 2.45. The van der Waals surface area contributed by atoms with Crippen molar-refractivity contribution >= 4 is 11.0 Å². The molecule has 0 spiro atoms. The van der Waals surface area contributed by atoms with Crippen molar-refractivity contribution in [3.63, 3.8) is 0 Å². The lowest BCUT2D eigenvalue weighted by atomic mass is 10.0. The SMILES string of the molecule is O=c1c(-c2cccc(O)c2O)coc2cc3c(c(O)c12)OCO3. The van der Waals surface area contributed by atoms with Crippen LogP contribution in [0.3, 0.4) is 0 Å². The van der Waals surface area contributed by atoms with Crippen LogP contribution in [0, 0.1) is 0 Å². The van der Waals surface area contributed by atoms with Crippen molar-refractivity contribution in [1.29, 1.82) is 0 Å². The van der Waals surface area contributed by atoms with Crippen LogP contribution < -0.4 is 14.9 Å². The number of hydrogen-bond acceptors (Lipinski definition) is 7. The molecule has 1 aliphatic rings. The molecule has 4 rings (SSSR count). The Hall–Kier alpha value is -3.35. The van der Waals surface area contributed by atoms with Gasteiger partial charge in [0.25, 0.3) is 0 Å². The fourth-order valence-corrected chi connectivity index (χ4v) is 2.56. The molecular weight excluding hydrogens is 304 g/mol. The molecule has 2 aromatic carbocycles. The van der Waals surface area contributed by atoms with Gasteiger partial charge in [-0.3, -0.25) is 4.79 Å². The predicted octanol–water partition coefficient (Wildman–Crippen LogP) is 2.31. The highest BCUT2D eigenvalue weighted by Gasteiger charge is 2.25. The topological polar surface area (TPSA) is 109 Å². The van der Waals surface area contributed by atoms with Crippen molar-refractivity contribution in [3.05, 3.63) is 40.8 Å². The number of hydrogen-bond donors (Lipinski definition) is 3. The summed E-state index contributed by atoms with van der Waals surface area (Å²) in [4.78, 5) is 12.7.